The van der Waals surface area contributed by atoms with Crippen LogP contribution in [0.2, 0.25) is 5.15 Å². The Labute approximate surface area is 188 Å². The van der Waals surface area contributed by atoms with E-state index in [-0.39, 0.29) is 29.3 Å². The van der Waals surface area contributed by atoms with Crippen LogP contribution in [0.4, 0.5) is 10.2 Å². The molecule has 2 aromatic heterocycles. The Hall–Kier alpha value is -3.24. The zero-order chi connectivity index (χ0) is 22.8. The van der Waals surface area contributed by atoms with Gasteiger partial charge in [-0.25, -0.2) is 9.07 Å². The standard InChI is InChI=1S/C21H22ClFN6O3/c1-13-11-17(26-32-13)24-18(30)12-27-7-9-28(10-8-27)21(31)19-14(2)25-29(20(19)22)16-5-3-15(23)4-6-16/h3-6,11H,7-10,12H2,1-2H3,(H,24,26,30). The number of nitrogens with one attached hydrogen (secondary N) is 1. The molecule has 0 spiro atoms. The number of amides is 2. The summed E-state index contributed by atoms with van der Waals surface area (Å²) in [6, 6.07) is 7.36. The van der Waals surface area contributed by atoms with Gasteiger partial charge in [0.25, 0.3) is 5.91 Å². The van der Waals surface area contributed by atoms with Crippen LogP contribution in [-0.2, 0) is 4.79 Å². The van der Waals surface area contributed by atoms with E-state index in [1.165, 1.54) is 16.8 Å². The molecule has 4 rings (SSSR count). The van der Waals surface area contributed by atoms with Crippen LogP contribution in [0, 0.1) is 19.7 Å². The lowest BCUT2D eigenvalue weighted by Gasteiger charge is -2.34. The second-order valence-electron chi connectivity index (χ2n) is 7.58. The zero-order valence-corrected chi connectivity index (χ0v) is 18.4. The maximum absolute atomic E-state index is 13.2. The molecule has 0 atom stereocenters. The molecule has 0 radical (unpaired) electrons. The molecule has 0 bridgehead atoms. The van der Waals surface area contributed by atoms with E-state index in [9.17, 15) is 14.0 Å². The summed E-state index contributed by atoms with van der Waals surface area (Å²) >= 11 is 6.48. The lowest BCUT2D eigenvalue weighted by Crippen LogP contribution is -2.50. The van der Waals surface area contributed by atoms with E-state index in [0.717, 1.165) is 0 Å². The number of piperazine rings is 1. The first-order chi connectivity index (χ1) is 15.3. The number of rotatable bonds is 5. The summed E-state index contributed by atoms with van der Waals surface area (Å²) < 4.78 is 19.6. The minimum absolute atomic E-state index is 0.184. The highest BCUT2D eigenvalue weighted by Gasteiger charge is 2.28. The van der Waals surface area contributed by atoms with Crippen molar-refractivity contribution in [1.29, 1.82) is 0 Å². The van der Waals surface area contributed by atoms with Gasteiger partial charge in [0, 0.05) is 32.2 Å². The van der Waals surface area contributed by atoms with E-state index < -0.39 is 0 Å². The molecular formula is C21H22ClFN6O3. The van der Waals surface area contributed by atoms with E-state index in [1.54, 1.807) is 36.9 Å². The topological polar surface area (TPSA) is 96.5 Å². The molecule has 9 nitrogen and oxygen atoms in total. The Morgan fingerprint density at radius 1 is 1.16 bits per heavy atom. The SMILES string of the molecule is Cc1cc(NC(=O)CN2CCN(C(=O)c3c(C)nn(-c4ccc(F)cc4)c3Cl)CC2)no1. The summed E-state index contributed by atoms with van der Waals surface area (Å²) in [5, 5.41) is 11.0. The normalized spacial score (nSPS) is 14.6. The maximum Gasteiger partial charge on any atom is 0.258 e. The Kier molecular flexibility index (Phi) is 6.24. The number of nitrogens with zero attached hydrogens (tertiary/aromatic N) is 5. The van der Waals surface area contributed by atoms with Crippen molar-refractivity contribution in [1.82, 2.24) is 24.7 Å². The number of halogens is 2. The van der Waals surface area contributed by atoms with Gasteiger partial charge in [0.2, 0.25) is 5.91 Å². The highest BCUT2D eigenvalue weighted by Crippen LogP contribution is 2.25. The van der Waals surface area contributed by atoms with Crippen molar-refractivity contribution >= 4 is 29.2 Å². The van der Waals surface area contributed by atoms with Crippen molar-refractivity contribution in [3.63, 3.8) is 0 Å². The van der Waals surface area contributed by atoms with Gasteiger partial charge in [-0.1, -0.05) is 16.8 Å². The van der Waals surface area contributed by atoms with Crippen LogP contribution >= 0.6 is 11.6 Å². The third-order valence-electron chi connectivity index (χ3n) is 5.21. The van der Waals surface area contributed by atoms with Crippen molar-refractivity contribution in [2.24, 2.45) is 0 Å². The van der Waals surface area contributed by atoms with Gasteiger partial charge in [0.15, 0.2) is 5.82 Å². The lowest BCUT2D eigenvalue weighted by molar-refractivity contribution is -0.117. The van der Waals surface area contributed by atoms with Crippen molar-refractivity contribution in [2.75, 3.05) is 38.0 Å². The minimum atomic E-state index is -0.368. The molecule has 168 valence electrons. The molecule has 0 unspecified atom stereocenters. The number of carbonyl (C=O) groups is 2. The molecule has 0 aliphatic carbocycles. The third kappa shape index (κ3) is 4.66. The summed E-state index contributed by atoms with van der Waals surface area (Å²) in [7, 11) is 0. The number of anilines is 1. The van der Waals surface area contributed by atoms with E-state index in [1.807, 2.05) is 4.90 Å². The second kappa shape index (κ2) is 9.09. The first-order valence-corrected chi connectivity index (χ1v) is 10.5. The summed E-state index contributed by atoms with van der Waals surface area (Å²) in [6.45, 7) is 5.64. The highest BCUT2D eigenvalue weighted by atomic mass is 35.5. The summed E-state index contributed by atoms with van der Waals surface area (Å²) in [5.74, 6) is 0.210. The monoisotopic (exact) mass is 460 g/mol. The number of aryl methyl sites for hydroxylation is 2. The van der Waals surface area contributed by atoms with Crippen LogP contribution < -0.4 is 5.32 Å². The second-order valence-corrected chi connectivity index (χ2v) is 7.94. The predicted octanol–water partition coefficient (Wildman–Crippen LogP) is 2.67. The van der Waals surface area contributed by atoms with Gasteiger partial charge in [-0.05, 0) is 38.1 Å². The van der Waals surface area contributed by atoms with E-state index in [4.69, 9.17) is 16.1 Å². The van der Waals surface area contributed by atoms with Gasteiger partial charge in [0.05, 0.1) is 23.5 Å². The van der Waals surface area contributed by atoms with Crippen LogP contribution in [0.5, 0.6) is 0 Å². The van der Waals surface area contributed by atoms with Crippen LogP contribution in [0.15, 0.2) is 34.9 Å². The van der Waals surface area contributed by atoms with Gasteiger partial charge < -0.3 is 14.7 Å². The Bertz CT molecular complexity index is 1140. The summed E-state index contributed by atoms with van der Waals surface area (Å²) in [5.41, 5.74) is 1.38. The van der Waals surface area contributed by atoms with Gasteiger partial charge in [-0.15, -0.1) is 0 Å². The molecule has 1 aromatic carbocycles. The van der Waals surface area contributed by atoms with Crippen LogP contribution in [0.3, 0.4) is 0 Å². The van der Waals surface area contributed by atoms with Crippen molar-refractivity contribution in [3.05, 3.63) is 58.3 Å². The maximum atomic E-state index is 13.2. The Balaban J connectivity index is 1.37. The fraction of sp³-hybridized carbons (Fsp3) is 0.333. The van der Waals surface area contributed by atoms with Crippen molar-refractivity contribution < 1.29 is 18.5 Å². The van der Waals surface area contributed by atoms with Gasteiger partial charge >= 0.3 is 0 Å². The minimum Gasteiger partial charge on any atom is -0.360 e. The van der Waals surface area contributed by atoms with E-state index >= 15 is 0 Å². The lowest BCUT2D eigenvalue weighted by atomic mass is 10.2. The van der Waals surface area contributed by atoms with E-state index in [0.29, 0.717) is 54.7 Å². The summed E-state index contributed by atoms with van der Waals surface area (Å²) in [6.07, 6.45) is 0. The molecule has 32 heavy (non-hydrogen) atoms. The number of aromatic nitrogens is 3. The largest absolute Gasteiger partial charge is 0.360 e. The first-order valence-electron chi connectivity index (χ1n) is 10.1. The van der Waals surface area contributed by atoms with Crippen molar-refractivity contribution in [3.8, 4) is 5.69 Å². The van der Waals surface area contributed by atoms with Crippen molar-refractivity contribution in [2.45, 2.75) is 13.8 Å². The van der Waals surface area contributed by atoms with Gasteiger partial charge in [0.1, 0.15) is 16.7 Å². The van der Waals surface area contributed by atoms with Gasteiger partial charge in [-0.3, -0.25) is 14.5 Å². The molecule has 1 N–H and O–H groups in total. The molecule has 11 heteroatoms. The molecule has 1 aliphatic rings. The fourth-order valence-electron chi connectivity index (χ4n) is 3.57. The third-order valence-corrected chi connectivity index (χ3v) is 5.56. The summed E-state index contributed by atoms with van der Waals surface area (Å²) in [4.78, 5) is 29.0. The molecule has 2 amide bonds. The van der Waals surface area contributed by atoms with Crippen LogP contribution in [-0.4, -0.2) is 69.3 Å². The van der Waals surface area contributed by atoms with E-state index in [2.05, 4.69) is 15.6 Å². The molecule has 1 saturated heterocycles. The van der Waals surface area contributed by atoms with Crippen LogP contribution in [0.25, 0.3) is 5.69 Å². The average Bonchev–Trinajstić information content (AvgIpc) is 3.30. The average molecular weight is 461 g/mol. The highest BCUT2D eigenvalue weighted by molar-refractivity contribution is 6.33. The molecule has 1 aliphatic heterocycles. The first kappa shape index (κ1) is 22.0. The molecule has 3 heterocycles. The number of carbonyl (C=O) groups excluding carboxylic acids is 2. The zero-order valence-electron chi connectivity index (χ0n) is 17.6. The number of benzene rings is 1. The number of hydrogen-bond acceptors (Lipinski definition) is 6. The van der Waals surface area contributed by atoms with Gasteiger partial charge in [-0.2, -0.15) is 5.10 Å². The molecular weight excluding hydrogens is 439 g/mol. The smallest absolute Gasteiger partial charge is 0.258 e. The Morgan fingerprint density at radius 3 is 2.47 bits per heavy atom. The fourth-order valence-corrected chi connectivity index (χ4v) is 3.93. The predicted molar refractivity (Wildman–Crippen MR) is 115 cm³/mol. The molecule has 1 fully saturated rings. The quantitative estimate of drug-likeness (QED) is 0.628. The Morgan fingerprint density at radius 2 is 1.84 bits per heavy atom. The molecule has 3 aromatic rings. The molecule has 0 saturated carbocycles. The number of hydrogen-bond donors (Lipinski definition) is 1. The van der Waals surface area contributed by atoms with Crippen LogP contribution in [0.1, 0.15) is 21.8 Å².